The number of carbonyl (C=O) groups is 1. The van der Waals surface area contributed by atoms with Crippen LogP contribution in [0.1, 0.15) is 29.8 Å². The third kappa shape index (κ3) is 4.86. The van der Waals surface area contributed by atoms with Gasteiger partial charge in [0.25, 0.3) is 5.91 Å². The van der Waals surface area contributed by atoms with Gasteiger partial charge in [0, 0.05) is 24.4 Å². The molecule has 27 heavy (non-hydrogen) atoms. The van der Waals surface area contributed by atoms with Crippen molar-refractivity contribution >= 4 is 41.2 Å². The number of thioether (sulfide) groups is 1. The lowest BCUT2D eigenvalue weighted by atomic mass is 10.1. The van der Waals surface area contributed by atoms with Gasteiger partial charge in [-0.25, -0.2) is 4.68 Å². The maximum atomic E-state index is 12.4. The Morgan fingerprint density at radius 3 is 2.48 bits per heavy atom. The molecule has 0 fully saturated rings. The standard InChI is InChI=1S/C20H21N3OS3/c1-14(2)22(3)18(24)16-9-11-17(12-10-16)23-20(25)27-19(21-23)26-13-15-7-5-4-6-8-15/h4-12,14H,13H2,1-3H3. The van der Waals surface area contributed by atoms with Gasteiger partial charge in [-0.1, -0.05) is 53.4 Å². The molecule has 0 radical (unpaired) electrons. The van der Waals surface area contributed by atoms with E-state index in [1.54, 1.807) is 21.3 Å². The number of carbonyl (C=O) groups excluding carboxylic acids is 1. The van der Waals surface area contributed by atoms with Crippen LogP contribution in [0.25, 0.3) is 5.69 Å². The molecular weight excluding hydrogens is 394 g/mol. The highest BCUT2D eigenvalue weighted by atomic mass is 32.2. The highest BCUT2D eigenvalue weighted by molar-refractivity contribution is 8.00. The van der Waals surface area contributed by atoms with Gasteiger partial charge in [-0.3, -0.25) is 4.79 Å². The van der Waals surface area contributed by atoms with E-state index in [4.69, 9.17) is 12.2 Å². The van der Waals surface area contributed by atoms with Crippen molar-refractivity contribution in [2.75, 3.05) is 7.05 Å². The maximum absolute atomic E-state index is 12.4. The summed E-state index contributed by atoms with van der Waals surface area (Å²) in [7, 11) is 1.81. The van der Waals surface area contributed by atoms with Gasteiger partial charge < -0.3 is 4.90 Å². The quantitative estimate of drug-likeness (QED) is 0.397. The molecule has 2 aromatic carbocycles. The minimum absolute atomic E-state index is 0.0116. The number of rotatable bonds is 6. The van der Waals surface area contributed by atoms with E-state index in [0.717, 1.165) is 15.8 Å². The zero-order valence-corrected chi connectivity index (χ0v) is 17.9. The van der Waals surface area contributed by atoms with E-state index in [9.17, 15) is 4.79 Å². The molecule has 0 aliphatic rings. The van der Waals surface area contributed by atoms with Crippen LogP contribution in [0, 0.1) is 3.95 Å². The molecule has 0 saturated carbocycles. The summed E-state index contributed by atoms with van der Waals surface area (Å²) in [4.78, 5) is 14.1. The van der Waals surface area contributed by atoms with Gasteiger partial charge in [-0.05, 0) is 55.9 Å². The van der Waals surface area contributed by atoms with E-state index < -0.39 is 0 Å². The lowest BCUT2D eigenvalue weighted by molar-refractivity contribution is 0.0755. The van der Waals surface area contributed by atoms with E-state index in [0.29, 0.717) is 9.52 Å². The minimum atomic E-state index is 0.0116. The average molecular weight is 416 g/mol. The molecule has 0 atom stereocenters. The van der Waals surface area contributed by atoms with Crippen molar-refractivity contribution in [2.45, 2.75) is 30.0 Å². The SMILES string of the molecule is CC(C)N(C)C(=O)c1ccc(-n2nc(SCc3ccccc3)sc2=S)cc1. The molecule has 1 heterocycles. The number of hydrogen-bond acceptors (Lipinski definition) is 5. The smallest absolute Gasteiger partial charge is 0.253 e. The molecule has 0 aliphatic carbocycles. The number of nitrogens with zero attached hydrogens (tertiary/aromatic N) is 3. The van der Waals surface area contributed by atoms with Crippen molar-refractivity contribution in [2.24, 2.45) is 0 Å². The first-order valence-corrected chi connectivity index (χ1v) is 10.8. The van der Waals surface area contributed by atoms with Crippen molar-refractivity contribution in [1.82, 2.24) is 14.7 Å². The second kappa shape index (κ2) is 8.82. The first-order valence-electron chi connectivity index (χ1n) is 8.60. The summed E-state index contributed by atoms with van der Waals surface area (Å²) in [5, 5.41) is 4.63. The predicted octanol–water partition coefficient (Wildman–Crippen LogP) is 5.44. The normalized spacial score (nSPS) is 11.0. The number of hydrogen-bond donors (Lipinski definition) is 0. The van der Waals surface area contributed by atoms with Crippen LogP contribution in [0.2, 0.25) is 0 Å². The first-order chi connectivity index (χ1) is 13.0. The Morgan fingerprint density at radius 1 is 1.19 bits per heavy atom. The fraction of sp³-hybridized carbons (Fsp3) is 0.250. The maximum Gasteiger partial charge on any atom is 0.253 e. The van der Waals surface area contributed by atoms with Crippen LogP contribution in [0.15, 0.2) is 58.9 Å². The number of benzene rings is 2. The van der Waals surface area contributed by atoms with Crippen LogP contribution in [0.3, 0.4) is 0 Å². The summed E-state index contributed by atoms with van der Waals surface area (Å²) in [6.45, 7) is 3.99. The molecule has 140 valence electrons. The summed E-state index contributed by atoms with van der Waals surface area (Å²) < 4.78 is 3.39. The van der Waals surface area contributed by atoms with Gasteiger partial charge in [0.15, 0.2) is 8.29 Å². The second-order valence-corrected chi connectivity index (χ2v) is 9.22. The van der Waals surface area contributed by atoms with Crippen LogP contribution in [-0.4, -0.2) is 33.7 Å². The molecule has 0 N–H and O–H groups in total. The fourth-order valence-corrected chi connectivity index (χ4v) is 4.70. The molecule has 3 rings (SSSR count). The molecule has 0 unspecified atom stereocenters. The van der Waals surface area contributed by atoms with Gasteiger partial charge in [-0.2, -0.15) is 0 Å². The molecule has 4 nitrogen and oxygen atoms in total. The molecule has 7 heteroatoms. The molecular formula is C20H21N3OS3. The Hall–Kier alpha value is -1.96. The van der Waals surface area contributed by atoms with Crippen LogP contribution >= 0.6 is 35.3 Å². The van der Waals surface area contributed by atoms with Crippen LogP contribution in [0.5, 0.6) is 0 Å². The van der Waals surface area contributed by atoms with Crippen molar-refractivity contribution in [3.05, 3.63) is 69.7 Å². The number of aromatic nitrogens is 2. The molecule has 1 amide bonds. The zero-order chi connectivity index (χ0) is 19.4. The van der Waals surface area contributed by atoms with Crippen molar-refractivity contribution in [3.63, 3.8) is 0 Å². The topological polar surface area (TPSA) is 38.1 Å². The largest absolute Gasteiger partial charge is 0.339 e. The third-order valence-corrected chi connectivity index (χ3v) is 6.62. The third-order valence-electron chi connectivity index (χ3n) is 4.19. The molecule has 3 aromatic rings. The molecule has 0 spiro atoms. The van der Waals surface area contributed by atoms with E-state index >= 15 is 0 Å². The van der Waals surface area contributed by atoms with Gasteiger partial charge in [0.2, 0.25) is 0 Å². The summed E-state index contributed by atoms with van der Waals surface area (Å²) in [6.07, 6.45) is 0. The van der Waals surface area contributed by atoms with E-state index in [1.807, 2.05) is 63.4 Å². The number of amides is 1. The van der Waals surface area contributed by atoms with Crippen molar-refractivity contribution in [1.29, 1.82) is 0 Å². The summed E-state index contributed by atoms with van der Waals surface area (Å²) in [5.74, 6) is 0.871. The Labute approximate surface area is 172 Å². The van der Waals surface area contributed by atoms with Crippen LogP contribution in [-0.2, 0) is 5.75 Å². The molecule has 1 aromatic heterocycles. The van der Waals surface area contributed by atoms with Crippen molar-refractivity contribution in [3.8, 4) is 5.69 Å². The van der Waals surface area contributed by atoms with Crippen molar-refractivity contribution < 1.29 is 4.79 Å². The highest BCUT2D eigenvalue weighted by Crippen LogP contribution is 2.27. The lowest BCUT2D eigenvalue weighted by Crippen LogP contribution is -2.32. The summed E-state index contributed by atoms with van der Waals surface area (Å²) >= 11 is 8.66. The molecule has 0 bridgehead atoms. The summed E-state index contributed by atoms with van der Waals surface area (Å²) in [5.41, 5.74) is 2.79. The monoisotopic (exact) mass is 415 g/mol. The molecule has 0 saturated heterocycles. The first kappa shape index (κ1) is 19.8. The van der Waals surface area contributed by atoms with Crippen LogP contribution in [0.4, 0.5) is 0 Å². The fourth-order valence-electron chi connectivity index (χ4n) is 2.38. The Kier molecular flexibility index (Phi) is 6.46. The van der Waals surface area contributed by atoms with Gasteiger partial charge in [0.1, 0.15) is 0 Å². The minimum Gasteiger partial charge on any atom is -0.339 e. The summed E-state index contributed by atoms with van der Waals surface area (Å²) in [6, 6.07) is 17.9. The Bertz CT molecular complexity index is 962. The van der Waals surface area contributed by atoms with E-state index in [1.165, 1.54) is 16.9 Å². The van der Waals surface area contributed by atoms with Gasteiger partial charge >= 0.3 is 0 Å². The highest BCUT2D eigenvalue weighted by Gasteiger charge is 2.14. The van der Waals surface area contributed by atoms with Gasteiger partial charge in [0.05, 0.1) is 5.69 Å². The lowest BCUT2D eigenvalue weighted by Gasteiger charge is -2.21. The second-order valence-electron chi connectivity index (χ2n) is 6.38. The predicted molar refractivity (Wildman–Crippen MR) is 116 cm³/mol. The Balaban J connectivity index is 1.74. The van der Waals surface area contributed by atoms with E-state index in [2.05, 4.69) is 17.2 Å². The Morgan fingerprint density at radius 2 is 1.85 bits per heavy atom. The van der Waals surface area contributed by atoms with E-state index in [-0.39, 0.29) is 11.9 Å². The molecule has 0 aliphatic heterocycles. The zero-order valence-electron chi connectivity index (χ0n) is 15.5. The average Bonchev–Trinajstić information content (AvgIpc) is 3.06. The van der Waals surface area contributed by atoms with Gasteiger partial charge in [-0.15, -0.1) is 5.10 Å². The van der Waals surface area contributed by atoms with Crippen LogP contribution < -0.4 is 0 Å².